The van der Waals surface area contributed by atoms with Crippen molar-refractivity contribution in [3.63, 3.8) is 0 Å². The summed E-state index contributed by atoms with van der Waals surface area (Å²) in [5.41, 5.74) is 5.23. The summed E-state index contributed by atoms with van der Waals surface area (Å²) in [4.78, 5) is 10.9. The van der Waals surface area contributed by atoms with Crippen molar-refractivity contribution in [2.75, 3.05) is 18.9 Å². The largest absolute Gasteiger partial charge is 0.465 e. The maximum Gasteiger partial charge on any atom is 0.322 e. The molecular weight excluding hydrogens is 208 g/mol. The number of carbonyl (C=O) groups excluding carboxylic acids is 1. The van der Waals surface area contributed by atoms with Crippen LogP contribution in [0.5, 0.6) is 0 Å². The predicted molar refractivity (Wildman–Crippen MR) is 52.1 cm³/mol. The molecular formula is C7H16N2O4S. The van der Waals surface area contributed by atoms with E-state index in [4.69, 9.17) is 5.73 Å². The molecule has 0 rings (SSSR count). The van der Waals surface area contributed by atoms with Crippen LogP contribution in [0.2, 0.25) is 0 Å². The van der Waals surface area contributed by atoms with E-state index in [2.05, 4.69) is 9.46 Å². The van der Waals surface area contributed by atoms with E-state index in [9.17, 15) is 13.2 Å². The van der Waals surface area contributed by atoms with Crippen molar-refractivity contribution in [3.8, 4) is 0 Å². The molecule has 14 heavy (non-hydrogen) atoms. The minimum atomic E-state index is -3.62. The number of ether oxygens (including phenoxy) is 1. The van der Waals surface area contributed by atoms with Crippen molar-refractivity contribution >= 4 is 16.0 Å². The Morgan fingerprint density at radius 3 is 2.57 bits per heavy atom. The highest BCUT2D eigenvalue weighted by Crippen LogP contribution is 1.90. The van der Waals surface area contributed by atoms with Gasteiger partial charge in [-0.1, -0.05) is 0 Å². The van der Waals surface area contributed by atoms with Crippen LogP contribution < -0.4 is 10.5 Å². The lowest BCUT2D eigenvalue weighted by atomic mass is 10.4. The minimum absolute atomic E-state index is 0.167. The first-order valence-corrected chi connectivity index (χ1v) is 5.92. The Kier molecular flexibility index (Phi) is 5.66. The molecule has 0 aliphatic carbocycles. The van der Waals surface area contributed by atoms with Crippen LogP contribution in [0.1, 0.15) is 13.8 Å². The van der Waals surface area contributed by atoms with Gasteiger partial charge in [-0.2, -0.15) is 0 Å². The Morgan fingerprint density at radius 2 is 2.14 bits per heavy atom. The van der Waals surface area contributed by atoms with Gasteiger partial charge in [-0.25, -0.2) is 13.1 Å². The average Bonchev–Trinajstić information content (AvgIpc) is 2.02. The Balaban J connectivity index is 4.14. The number of hydrogen-bond acceptors (Lipinski definition) is 5. The van der Waals surface area contributed by atoms with Crippen LogP contribution in [-0.2, 0) is 19.6 Å². The summed E-state index contributed by atoms with van der Waals surface area (Å²) in [5, 5.41) is 0. The van der Waals surface area contributed by atoms with E-state index >= 15 is 0 Å². The molecule has 0 bridgehead atoms. The van der Waals surface area contributed by atoms with Gasteiger partial charge in [0.2, 0.25) is 10.0 Å². The quantitative estimate of drug-likeness (QED) is 0.553. The lowest BCUT2D eigenvalue weighted by molar-refractivity contribution is -0.139. The van der Waals surface area contributed by atoms with Gasteiger partial charge in [-0.3, -0.25) is 4.79 Å². The summed E-state index contributed by atoms with van der Waals surface area (Å²) in [7, 11) is -3.62. The van der Waals surface area contributed by atoms with Crippen LogP contribution in [0, 0.1) is 0 Å². The molecule has 0 saturated heterocycles. The summed E-state index contributed by atoms with van der Waals surface area (Å²) in [6.07, 6.45) is 0. The van der Waals surface area contributed by atoms with Gasteiger partial charge in [0, 0.05) is 12.6 Å². The molecule has 0 amide bonds. The SMILES string of the molecule is CCOC(=O)CS(=O)(=O)N[C@H](C)CN. The summed E-state index contributed by atoms with van der Waals surface area (Å²) in [6, 6.07) is -0.380. The molecule has 1 atom stereocenters. The van der Waals surface area contributed by atoms with Crippen LogP contribution in [0.15, 0.2) is 0 Å². The van der Waals surface area contributed by atoms with Crippen LogP contribution >= 0.6 is 0 Å². The topological polar surface area (TPSA) is 98.5 Å². The molecule has 0 heterocycles. The highest BCUT2D eigenvalue weighted by Gasteiger charge is 2.18. The Hall–Kier alpha value is -0.660. The van der Waals surface area contributed by atoms with Gasteiger partial charge in [0.15, 0.2) is 5.75 Å². The van der Waals surface area contributed by atoms with Crippen LogP contribution in [0.4, 0.5) is 0 Å². The van der Waals surface area contributed by atoms with E-state index in [0.29, 0.717) is 0 Å². The third kappa shape index (κ3) is 5.90. The molecule has 6 nitrogen and oxygen atoms in total. The standard InChI is InChI=1S/C7H16N2O4S/c1-3-13-7(10)5-14(11,12)9-6(2)4-8/h6,9H,3-5,8H2,1-2H3/t6-/m1/s1. The van der Waals surface area contributed by atoms with Crippen molar-refractivity contribution < 1.29 is 17.9 Å². The van der Waals surface area contributed by atoms with Crippen molar-refractivity contribution in [3.05, 3.63) is 0 Å². The summed E-state index contributed by atoms with van der Waals surface area (Å²) < 4.78 is 29.2. The third-order valence-electron chi connectivity index (χ3n) is 1.35. The molecule has 0 saturated carbocycles. The van der Waals surface area contributed by atoms with Crippen molar-refractivity contribution in [1.29, 1.82) is 0 Å². The van der Waals surface area contributed by atoms with Crippen molar-refractivity contribution in [1.82, 2.24) is 4.72 Å². The first kappa shape index (κ1) is 13.3. The molecule has 3 N–H and O–H groups in total. The Morgan fingerprint density at radius 1 is 1.57 bits per heavy atom. The fourth-order valence-electron chi connectivity index (χ4n) is 0.754. The molecule has 0 aliphatic heterocycles. The molecule has 0 aromatic rings. The summed E-state index contributed by atoms with van der Waals surface area (Å²) in [6.45, 7) is 3.58. The number of sulfonamides is 1. The molecule has 0 aliphatic rings. The number of esters is 1. The minimum Gasteiger partial charge on any atom is -0.465 e. The molecule has 0 radical (unpaired) electrons. The van der Waals surface area contributed by atoms with Gasteiger partial charge in [0.05, 0.1) is 6.61 Å². The zero-order valence-electron chi connectivity index (χ0n) is 8.32. The van der Waals surface area contributed by atoms with Gasteiger partial charge >= 0.3 is 5.97 Å². The molecule has 7 heteroatoms. The maximum absolute atomic E-state index is 11.2. The highest BCUT2D eigenvalue weighted by atomic mass is 32.2. The zero-order valence-corrected chi connectivity index (χ0v) is 9.13. The second-order valence-electron chi connectivity index (χ2n) is 2.82. The van der Waals surface area contributed by atoms with Crippen LogP contribution in [0.25, 0.3) is 0 Å². The lowest BCUT2D eigenvalue weighted by Crippen LogP contribution is -2.40. The summed E-state index contributed by atoms with van der Waals surface area (Å²) in [5.74, 6) is -1.42. The summed E-state index contributed by atoms with van der Waals surface area (Å²) >= 11 is 0. The highest BCUT2D eigenvalue weighted by molar-refractivity contribution is 7.90. The van der Waals surface area contributed by atoms with Gasteiger partial charge in [0.25, 0.3) is 0 Å². The van der Waals surface area contributed by atoms with Gasteiger partial charge in [-0.15, -0.1) is 0 Å². The Bertz CT molecular complexity index is 275. The fraction of sp³-hybridized carbons (Fsp3) is 0.857. The van der Waals surface area contributed by atoms with Gasteiger partial charge in [-0.05, 0) is 13.8 Å². The number of hydrogen-bond donors (Lipinski definition) is 2. The lowest BCUT2D eigenvalue weighted by Gasteiger charge is -2.10. The van der Waals surface area contributed by atoms with E-state index in [0.717, 1.165) is 0 Å². The second-order valence-corrected chi connectivity index (χ2v) is 4.57. The monoisotopic (exact) mass is 224 g/mol. The Labute approximate surface area is 83.9 Å². The van der Waals surface area contributed by atoms with E-state index in [1.807, 2.05) is 0 Å². The zero-order chi connectivity index (χ0) is 11.2. The van der Waals surface area contributed by atoms with E-state index in [1.165, 1.54) is 0 Å². The average molecular weight is 224 g/mol. The molecule has 0 aromatic carbocycles. The van der Waals surface area contributed by atoms with Gasteiger partial charge in [0.1, 0.15) is 0 Å². The number of nitrogens with one attached hydrogen (secondary N) is 1. The number of rotatable bonds is 6. The third-order valence-corrected chi connectivity index (χ3v) is 2.72. The maximum atomic E-state index is 11.2. The second kappa shape index (κ2) is 5.94. The van der Waals surface area contributed by atoms with E-state index < -0.39 is 21.7 Å². The first-order valence-electron chi connectivity index (χ1n) is 4.27. The van der Waals surface area contributed by atoms with Crippen LogP contribution in [-0.4, -0.2) is 39.3 Å². The van der Waals surface area contributed by atoms with Gasteiger partial charge < -0.3 is 10.5 Å². The first-order chi connectivity index (χ1) is 6.41. The molecule has 0 spiro atoms. The smallest absolute Gasteiger partial charge is 0.322 e. The molecule has 0 unspecified atom stereocenters. The molecule has 84 valence electrons. The number of nitrogens with two attached hydrogens (primary N) is 1. The normalized spacial score (nSPS) is 13.6. The van der Waals surface area contributed by atoms with Crippen LogP contribution in [0.3, 0.4) is 0 Å². The number of carbonyl (C=O) groups is 1. The fourth-order valence-corrected chi connectivity index (χ4v) is 1.94. The molecule has 0 fully saturated rings. The van der Waals surface area contributed by atoms with Crippen molar-refractivity contribution in [2.24, 2.45) is 5.73 Å². The van der Waals surface area contributed by atoms with E-state index in [1.54, 1.807) is 13.8 Å². The predicted octanol–water partition coefficient (Wildman–Crippen LogP) is -1.18. The van der Waals surface area contributed by atoms with Crippen molar-refractivity contribution in [2.45, 2.75) is 19.9 Å². The van der Waals surface area contributed by atoms with E-state index in [-0.39, 0.29) is 19.2 Å². The molecule has 0 aromatic heterocycles.